The van der Waals surface area contributed by atoms with Gasteiger partial charge in [-0.15, -0.1) is 0 Å². The van der Waals surface area contributed by atoms with Crippen molar-refractivity contribution in [3.8, 4) is 0 Å². The van der Waals surface area contributed by atoms with Crippen molar-refractivity contribution in [3.05, 3.63) is 59.7 Å². The Morgan fingerprint density at radius 3 is 2.21 bits per heavy atom. The molecular formula is C25H39N3. The summed E-state index contributed by atoms with van der Waals surface area (Å²) in [7, 11) is 0. The molecule has 0 aliphatic rings. The van der Waals surface area contributed by atoms with Gasteiger partial charge >= 0.3 is 0 Å². The molecule has 1 unspecified atom stereocenters. The lowest BCUT2D eigenvalue weighted by Crippen LogP contribution is -2.19. The first-order valence-corrected chi connectivity index (χ1v) is 11.0. The Bertz CT molecular complexity index is 756. The molecule has 0 aliphatic carbocycles. The fraction of sp³-hybridized carbons (Fsp3) is 0.560. The highest BCUT2D eigenvalue weighted by molar-refractivity contribution is 5.95. The zero-order valence-corrected chi connectivity index (χ0v) is 18.7. The lowest BCUT2D eigenvalue weighted by Gasteiger charge is -2.22. The van der Waals surface area contributed by atoms with Crippen LogP contribution in [0.1, 0.15) is 81.2 Å². The molecular weight excluding hydrogens is 342 g/mol. The van der Waals surface area contributed by atoms with Crippen molar-refractivity contribution >= 4 is 5.84 Å². The van der Waals surface area contributed by atoms with Crippen LogP contribution in [-0.2, 0) is 6.42 Å². The first-order valence-electron chi connectivity index (χ1n) is 11.0. The first-order chi connectivity index (χ1) is 13.5. The average Bonchev–Trinajstić information content (AvgIpc) is 3.22. The van der Waals surface area contributed by atoms with E-state index in [4.69, 9.17) is 4.99 Å². The number of rotatable bonds is 11. The van der Waals surface area contributed by atoms with Crippen LogP contribution in [-0.4, -0.2) is 21.5 Å². The van der Waals surface area contributed by atoms with E-state index in [2.05, 4.69) is 74.6 Å². The minimum Gasteiger partial charge on any atom is -0.344 e. The normalized spacial score (nSPS) is 13.1. The van der Waals surface area contributed by atoms with Crippen molar-refractivity contribution in [1.29, 1.82) is 0 Å². The second kappa shape index (κ2) is 11.1. The Morgan fingerprint density at radius 1 is 0.964 bits per heavy atom. The van der Waals surface area contributed by atoms with Crippen LogP contribution in [0.3, 0.4) is 0 Å². The summed E-state index contributed by atoms with van der Waals surface area (Å²) in [6, 6.07) is 9.22. The predicted octanol–water partition coefficient (Wildman–Crippen LogP) is 6.81. The third-order valence-electron chi connectivity index (χ3n) is 5.73. The molecule has 3 heteroatoms. The third-order valence-corrected chi connectivity index (χ3v) is 5.73. The van der Waals surface area contributed by atoms with Crippen molar-refractivity contribution in [2.45, 2.75) is 85.6 Å². The van der Waals surface area contributed by atoms with Crippen LogP contribution in [0.15, 0.2) is 41.9 Å². The third kappa shape index (κ3) is 5.50. The largest absolute Gasteiger partial charge is 0.344 e. The van der Waals surface area contributed by atoms with Crippen LogP contribution in [0.5, 0.6) is 0 Å². The van der Waals surface area contributed by atoms with E-state index in [1.54, 1.807) is 0 Å². The number of nitrogens with zero attached hydrogens (tertiary/aromatic N) is 3. The van der Waals surface area contributed by atoms with Crippen molar-refractivity contribution < 1.29 is 0 Å². The maximum absolute atomic E-state index is 5.05. The Morgan fingerprint density at radius 2 is 1.61 bits per heavy atom. The molecule has 0 saturated carbocycles. The van der Waals surface area contributed by atoms with Crippen LogP contribution < -0.4 is 0 Å². The zero-order chi connectivity index (χ0) is 20.5. The van der Waals surface area contributed by atoms with Crippen molar-refractivity contribution in [1.82, 2.24) is 9.13 Å². The summed E-state index contributed by atoms with van der Waals surface area (Å²) in [4.78, 5) is 5.05. The van der Waals surface area contributed by atoms with Gasteiger partial charge in [0.2, 0.25) is 0 Å². The van der Waals surface area contributed by atoms with Crippen LogP contribution in [0.25, 0.3) is 0 Å². The molecule has 0 spiro atoms. The van der Waals surface area contributed by atoms with E-state index in [1.165, 1.54) is 61.3 Å². The van der Waals surface area contributed by atoms with Gasteiger partial charge in [-0.1, -0.05) is 52.5 Å². The molecule has 2 heterocycles. The van der Waals surface area contributed by atoms with Gasteiger partial charge in [-0.05, 0) is 64.0 Å². The number of hydrogen-bond acceptors (Lipinski definition) is 1. The van der Waals surface area contributed by atoms with Crippen LogP contribution in [0.4, 0.5) is 0 Å². The first kappa shape index (κ1) is 22.3. The van der Waals surface area contributed by atoms with Gasteiger partial charge in [-0.2, -0.15) is 0 Å². The highest BCUT2D eigenvalue weighted by atomic mass is 15.1. The minimum absolute atomic E-state index is 0.410. The molecule has 2 rings (SSSR count). The van der Waals surface area contributed by atoms with Gasteiger partial charge in [0, 0.05) is 22.8 Å². The van der Waals surface area contributed by atoms with Crippen molar-refractivity contribution in [2.75, 3.05) is 6.54 Å². The van der Waals surface area contributed by atoms with E-state index in [0.29, 0.717) is 6.04 Å². The van der Waals surface area contributed by atoms with Gasteiger partial charge in [0.15, 0.2) is 0 Å². The molecule has 0 bridgehead atoms. The molecule has 154 valence electrons. The number of aryl methyl sites for hydroxylation is 4. The molecule has 2 aromatic rings. The van der Waals surface area contributed by atoms with E-state index in [0.717, 1.165) is 18.8 Å². The highest BCUT2D eigenvalue weighted by Crippen LogP contribution is 2.23. The summed E-state index contributed by atoms with van der Waals surface area (Å²) >= 11 is 0. The van der Waals surface area contributed by atoms with Gasteiger partial charge in [-0.3, -0.25) is 4.99 Å². The lowest BCUT2D eigenvalue weighted by molar-refractivity contribution is 0.435. The number of hydrogen-bond donors (Lipinski definition) is 0. The van der Waals surface area contributed by atoms with E-state index in [1.807, 2.05) is 6.08 Å². The number of unbranched alkanes of at least 4 members (excludes halogenated alkanes) is 4. The summed E-state index contributed by atoms with van der Waals surface area (Å²) in [5, 5.41) is 0. The van der Waals surface area contributed by atoms with Gasteiger partial charge in [-0.25, -0.2) is 0 Å². The molecule has 2 aromatic heterocycles. The minimum atomic E-state index is 0.410. The summed E-state index contributed by atoms with van der Waals surface area (Å²) in [6.07, 6.45) is 10.6. The van der Waals surface area contributed by atoms with Crippen molar-refractivity contribution in [3.63, 3.8) is 0 Å². The fourth-order valence-corrected chi connectivity index (χ4v) is 4.16. The standard InChI is InChI=1S/C25H39N3/c1-7-10-11-12-13-14-24(27-20(4)15-16-21(27)5)19-26-25(9-3)28-22(6)17-18-23(28)8-2/h9,15-18,24H,3,7-8,10-14,19H2,1-2,4-6H3/b26-25+. The number of allylic oxidation sites excluding steroid dienone is 1. The Labute approximate surface area is 172 Å². The Hall–Kier alpha value is -2.03. The molecule has 0 fully saturated rings. The highest BCUT2D eigenvalue weighted by Gasteiger charge is 2.15. The van der Waals surface area contributed by atoms with E-state index in [9.17, 15) is 0 Å². The molecule has 0 aliphatic heterocycles. The average molecular weight is 382 g/mol. The Balaban J connectivity index is 2.21. The maximum atomic E-state index is 5.05. The molecule has 0 radical (unpaired) electrons. The SMILES string of the molecule is C=C/C(=N\CC(CCCCCCC)n1c(C)ccc1C)n1c(C)ccc1CC. The van der Waals surface area contributed by atoms with Gasteiger partial charge in [0.1, 0.15) is 5.84 Å². The molecule has 0 saturated heterocycles. The molecule has 0 aromatic carbocycles. The number of aromatic nitrogens is 2. The van der Waals surface area contributed by atoms with Crippen LogP contribution in [0.2, 0.25) is 0 Å². The number of aliphatic imine (C=N–C) groups is 1. The quantitative estimate of drug-likeness (QED) is 0.232. The van der Waals surface area contributed by atoms with Gasteiger partial charge in [0.05, 0.1) is 12.6 Å². The van der Waals surface area contributed by atoms with E-state index < -0.39 is 0 Å². The van der Waals surface area contributed by atoms with E-state index >= 15 is 0 Å². The molecule has 28 heavy (non-hydrogen) atoms. The summed E-state index contributed by atoms with van der Waals surface area (Å²) in [5.41, 5.74) is 5.18. The summed E-state index contributed by atoms with van der Waals surface area (Å²) in [6.45, 7) is 15.9. The monoisotopic (exact) mass is 381 g/mol. The predicted molar refractivity (Wildman–Crippen MR) is 123 cm³/mol. The molecule has 1 atom stereocenters. The molecule has 3 nitrogen and oxygen atoms in total. The van der Waals surface area contributed by atoms with Gasteiger partial charge in [0.25, 0.3) is 0 Å². The van der Waals surface area contributed by atoms with E-state index in [-0.39, 0.29) is 0 Å². The van der Waals surface area contributed by atoms with Crippen LogP contribution in [0, 0.1) is 20.8 Å². The van der Waals surface area contributed by atoms with Crippen LogP contribution >= 0.6 is 0 Å². The fourth-order valence-electron chi connectivity index (χ4n) is 4.16. The van der Waals surface area contributed by atoms with Gasteiger partial charge < -0.3 is 9.13 Å². The molecule has 0 amide bonds. The second-order valence-electron chi connectivity index (χ2n) is 7.90. The van der Waals surface area contributed by atoms with Crippen molar-refractivity contribution in [2.24, 2.45) is 4.99 Å². The summed E-state index contributed by atoms with van der Waals surface area (Å²) in [5.74, 6) is 0.970. The zero-order valence-electron chi connectivity index (χ0n) is 18.7. The summed E-state index contributed by atoms with van der Waals surface area (Å²) < 4.78 is 4.73. The Kier molecular flexibility index (Phi) is 8.82. The second-order valence-corrected chi connectivity index (χ2v) is 7.90. The topological polar surface area (TPSA) is 22.2 Å². The molecule has 0 N–H and O–H groups in total. The smallest absolute Gasteiger partial charge is 0.131 e. The maximum Gasteiger partial charge on any atom is 0.131 e. The lowest BCUT2D eigenvalue weighted by atomic mass is 10.1.